The van der Waals surface area contributed by atoms with Crippen LogP contribution in [0.2, 0.25) is 0 Å². The van der Waals surface area contributed by atoms with E-state index in [-0.39, 0.29) is 16.4 Å². The van der Waals surface area contributed by atoms with Crippen molar-refractivity contribution in [3.8, 4) is 0 Å². The molecule has 0 atom stereocenters. The van der Waals surface area contributed by atoms with E-state index < -0.39 is 0 Å². The molecule has 0 N–H and O–H groups in total. The summed E-state index contributed by atoms with van der Waals surface area (Å²) in [4.78, 5) is 13.4. The molecule has 0 bridgehead atoms. The van der Waals surface area contributed by atoms with Gasteiger partial charge in [-0.15, -0.1) is 0 Å². The zero-order chi connectivity index (χ0) is 11.1. The van der Waals surface area contributed by atoms with Crippen molar-refractivity contribution in [2.24, 2.45) is 0 Å². The molecule has 0 fully saturated rings. The van der Waals surface area contributed by atoms with Gasteiger partial charge in [0.25, 0.3) is 0 Å². The zero-order valence-electron chi connectivity index (χ0n) is 9.31. The van der Waals surface area contributed by atoms with Gasteiger partial charge in [0.15, 0.2) is 0 Å². The molecule has 0 saturated heterocycles. The first-order chi connectivity index (χ1) is 7.18. The molecular formula is C11H18NO2S+. The summed E-state index contributed by atoms with van der Waals surface area (Å²) in [6.45, 7) is 1.49. The van der Waals surface area contributed by atoms with Gasteiger partial charge >= 0.3 is 5.97 Å². The molecular weight excluding hydrogens is 210 g/mol. The molecule has 84 valence electrons. The lowest BCUT2D eigenvalue weighted by Gasteiger charge is -2.08. The Balaban J connectivity index is 2.09. The van der Waals surface area contributed by atoms with Gasteiger partial charge < -0.3 is 9.64 Å². The van der Waals surface area contributed by atoms with Gasteiger partial charge in [-0.3, -0.25) is 0 Å². The average molecular weight is 228 g/mol. The molecule has 0 unspecified atom stereocenters. The molecule has 0 aliphatic carbocycles. The lowest BCUT2D eigenvalue weighted by molar-refractivity contribution is -0.142. The number of rotatable bonds is 6. The molecule has 1 heterocycles. The monoisotopic (exact) mass is 228 g/mol. The van der Waals surface area contributed by atoms with Crippen LogP contribution >= 0.6 is 10.5 Å². The standard InChI is InChI=1S/C11H18NO2S/c1-12(2)6-5-7-14-11(13)10-15-8-3-4-9-15/h3-4,8-9H,5-7,10H2,1-2H3/q+1. The quantitative estimate of drug-likeness (QED) is 0.423. The van der Waals surface area contributed by atoms with Gasteiger partial charge in [0.1, 0.15) is 10.8 Å². The van der Waals surface area contributed by atoms with Gasteiger partial charge in [-0.25, -0.2) is 4.79 Å². The zero-order valence-corrected chi connectivity index (χ0v) is 10.1. The van der Waals surface area contributed by atoms with Gasteiger partial charge in [-0.05, 0) is 43.1 Å². The van der Waals surface area contributed by atoms with Crippen LogP contribution in [-0.2, 0) is 15.3 Å². The van der Waals surface area contributed by atoms with Gasteiger partial charge in [0, 0.05) is 6.54 Å². The highest BCUT2D eigenvalue weighted by Crippen LogP contribution is 2.17. The summed E-state index contributed by atoms with van der Waals surface area (Å²) in [6.07, 6.45) is 0.901. The Bertz CT molecular complexity index is 283. The first-order valence-corrected chi connectivity index (χ1v) is 6.54. The van der Waals surface area contributed by atoms with Crippen molar-refractivity contribution >= 4 is 16.4 Å². The number of hydrogen-bond acceptors (Lipinski definition) is 3. The molecule has 0 spiro atoms. The Hall–Kier alpha value is -0.870. The smallest absolute Gasteiger partial charge is 0.361 e. The minimum Gasteiger partial charge on any atom is -0.462 e. The summed E-state index contributed by atoms with van der Waals surface area (Å²) < 4.78 is 5.13. The summed E-state index contributed by atoms with van der Waals surface area (Å²) in [5.41, 5.74) is 0. The van der Waals surface area contributed by atoms with Gasteiger partial charge in [-0.1, -0.05) is 0 Å². The van der Waals surface area contributed by atoms with Crippen LogP contribution in [0.5, 0.6) is 0 Å². The van der Waals surface area contributed by atoms with Crippen molar-refractivity contribution < 1.29 is 9.53 Å². The van der Waals surface area contributed by atoms with Crippen molar-refractivity contribution in [2.45, 2.75) is 12.2 Å². The van der Waals surface area contributed by atoms with Crippen molar-refractivity contribution in [3.63, 3.8) is 0 Å². The van der Waals surface area contributed by atoms with E-state index in [1.807, 2.05) is 37.0 Å². The summed E-state index contributed by atoms with van der Waals surface area (Å²) >= 11 is 0. The third kappa shape index (κ3) is 5.54. The van der Waals surface area contributed by atoms with Gasteiger partial charge in [0.2, 0.25) is 5.75 Å². The van der Waals surface area contributed by atoms with Gasteiger partial charge in [0.05, 0.1) is 6.61 Å². The van der Waals surface area contributed by atoms with E-state index in [1.54, 1.807) is 0 Å². The van der Waals surface area contributed by atoms with Crippen LogP contribution in [0.25, 0.3) is 0 Å². The molecule has 1 aromatic heterocycles. The summed E-state index contributed by atoms with van der Waals surface area (Å²) in [7, 11) is 4.00. The van der Waals surface area contributed by atoms with E-state index in [0.717, 1.165) is 13.0 Å². The second kappa shape index (κ2) is 6.58. The van der Waals surface area contributed by atoms with Crippen LogP contribution in [-0.4, -0.2) is 38.1 Å². The fourth-order valence-electron chi connectivity index (χ4n) is 1.18. The Labute approximate surface area is 93.6 Å². The topological polar surface area (TPSA) is 29.5 Å². The van der Waals surface area contributed by atoms with E-state index in [2.05, 4.69) is 4.90 Å². The number of carbonyl (C=O) groups excluding carboxylic acids is 1. The molecule has 0 aliphatic heterocycles. The molecule has 15 heavy (non-hydrogen) atoms. The van der Waals surface area contributed by atoms with Gasteiger partial charge in [-0.2, -0.15) is 0 Å². The lowest BCUT2D eigenvalue weighted by atomic mass is 10.4. The van der Waals surface area contributed by atoms with Crippen LogP contribution in [0.15, 0.2) is 22.9 Å². The van der Waals surface area contributed by atoms with Crippen LogP contribution in [0.3, 0.4) is 0 Å². The van der Waals surface area contributed by atoms with Crippen molar-refractivity contribution in [1.82, 2.24) is 4.90 Å². The predicted molar refractivity (Wildman–Crippen MR) is 63.1 cm³/mol. The number of thiophene rings is 1. The van der Waals surface area contributed by atoms with Crippen molar-refractivity contribution in [1.29, 1.82) is 0 Å². The largest absolute Gasteiger partial charge is 0.462 e. The third-order valence-electron chi connectivity index (χ3n) is 1.92. The maximum atomic E-state index is 11.3. The molecule has 0 amide bonds. The summed E-state index contributed by atoms with van der Waals surface area (Å²) in [5, 5.41) is 4.09. The third-order valence-corrected chi connectivity index (χ3v) is 3.50. The molecule has 4 heteroatoms. The Morgan fingerprint density at radius 1 is 1.33 bits per heavy atom. The number of hydrogen-bond donors (Lipinski definition) is 0. The van der Waals surface area contributed by atoms with Crippen LogP contribution in [0.1, 0.15) is 6.42 Å². The highest BCUT2D eigenvalue weighted by molar-refractivity contribution is 7.28. The summed E-state index contributed by atoms with van der Waals surface area (Å²) in [5.74, 6) is 0.405. The molecule has 3 nitrogen and oxygen atoms in total. The number of carbonyl (C=O) groups is 1. The summed E-state index contributed by atoms with van der Waals surface area (Å²) in [6, 6.07) is 3.95. The minimum absolute atomic E-state index is 0.0177. The molecule has 1 aromatic rings. The first-order valence-electron chi connectivity index (χ1n) is 5.02. The van der Waals surface area contributed by atoms with E-state index in [9.17, 15) is 4.79 Å². The maximum Gasteiger partial charge on any atom is 0.361 e. The minimum atomic E-state index is -0.0895. The number of esters is 1. The van der Waals surface area contributed by atoms with E-state index in [4.69, 9.17) is 4.74 Å². The fraction of sp³-hybridized carbons (Fsp3) is 0.545. The highest BCUT2D eigenvalue weighted by atomic mass is 32.2. The molecule has 0 radical (unpaired) electrons. The normalized spacial score (nSPS) is 10.6. The first kappa shape index (κ1) is 12.2. The van der Waals surface area contributed by atoms with Crippen molar-refractivity contribution in [3.05, 3.63) is 22.9 Å². The number of nitrogens with zero attached hydrogens (tertiary/aromatic N) is 1. The molecule has 0 saturated carbocycles. The Morgan fingerprint density at radius 3 is 2.60 bits per heavy atom. The number of ether oxygens (including phenoxy) is 1. The molecule has 0 aromatic carbocycles. The SMILES string of the molecule is CN(C)CCCOC(=O)C[s+]1cccc1. The predicted octanol–water partition coefficient (Wildman–Crippen LogP) is 1.93. The highest BCUT2D eigenvalue weighted by Gasteiger charge is 2.11. The average Bonchev–Trinajstić information content (AvgIpc) is 2.64. The lowest BCUT2D eigenvalue weighted by Crippen LogP contribution is -2.16. The van der Waals surface area contributed by atoms with Crippen LogP contribution in [0.4, 0.5) is 0 Å². The Kier molecular flexibility index (Phi) is 5.36. The second-order valence-corrected chi connectivity index (χ2v) is 5.42. The fourth-order valence-corrected chi connectivity index (χ4v) is 2.40. The van der Waals surface area contributed by atoms with Crippen molar-refractivity contribution in [2.75, 3.05) is 27.2 Å². The molecule has 0 aliphatic rings. The van der Waals surface area contributed by atoms with Crippen LogP contribution < -0.4 is 0 Å². The second-order valence-electron chi connectivity index (χ2n) is 3.65. The van der Waals surface area contributed by atoms with E-state index in [1.165, 1.54) is 0 Å². The van der Waals surface area contributed by atoms with E-state index >= 15 is 0 Å². The maximum absolute atomic E-state index is 11.3. The van der Waals surface area contributed by atoms with E-state index in [0.29, 0.717) is 12.4 Å². The molecule has 1 rings (SSSR count). The Morgan fingerprint density at radius 2 is 2.00 bits per heavy atom. The van der Waals surface area contributed by atoms with Crippen LogP contribution in [0, 0.1) is 0 Å².